The van der Waals surface area contributed by atoms with E-state index in [4.69, 9.17) is 4.74 Å². The molecule has 9 heteroatoms. The lowest BCUT2D eigenvalue weighted by Crippen LogP contribution is -2.50. The summed E-state index contributed by atoms with van der Waals surface area (Å²) in [4.78, 5) is 20.4. The minimum atomic E-state index is -0.260. The van der Waals surface area contributed by atoms with Crippen molar-refractivity contribution in [3.63, 3.8) is 0 Å². The van der Waals surface area contributed by atoms with Gasteiger partial charge in [-0.05, 0) is 37.5 Å². The first-order valence-electron chi connectivity index (χ1n) is 10.2. The van der Waals surface area contributed by atoms with Crippen LogP contribution in [0.25, 0.3) is 0 Å². The van der Waals surface area contributed by atoms with E-state index in [2.05, 4.69) is 20.5 Å². The highest BCUT2D eigenvalue weighted by atomic mass is 127. The second-order valence-electron chi connectivity index (χ2n) is 7.54. The first-order valence-corrected chi connectivity index (χ1v) is 10.2. The number of likely N-dealkylation sites (tertiary alicyclic amines) is 1. The van der Waals surface area contributed by atoms with Gasteiger partial charge in [0.25, 0.3) is 0 Å². The maximum atomic E-state index is 13.8. The Kier molecular flexibility index (Phi) is 12.2. The average Bonchev–Trinajstić information content (AvgIpc) is 2.70. The molecule has 1 saturated heterocycles. The number of carbonyl (C=O) groups is 1. The number of hydrogen-bond donors (Lipinski definition) is 2. The van der Waals surface area contributed by atoms with Gasteiger partial charge in [0.2, 0.25) is 5.91 Å². The zero-order chi connectivity index (χ0) is 21.2. The van der Waals surface area contributed by atoms with Crippen LogP contribution in [0.5, 0.6) is 0 Å². The Balaban J connectivity index is 0.00000450. The van der Waals surface area contributed by atoms with Crippen LogP contribution in [0.2, 0.25) is 0 Å². The number of piperidine rings is 1. The first-order chi connectivity index (χ1) is 13.9. The molecular weight excluding hydrogens is 500 g/mol. The molecule has 1 heterocycles. The number of halogens is 2. The van der Waals surface area contributed by atoms with Gasteiger partial charge in [-0.1, -0.05) is 6.07 Å². The van der Waals surface area contributed by atoms with Crippen LogP contribution in [0.15, 0.2) is 23.2 Å². The maximum Gasteiger partial charge on any atom is 0.236 e. The summed E-state index contributed by atoms with van der Waals surface area (Å²) in [5, 5.41) is 6.77. The lowest BCUT2D eigenvalue weighted by molar-refractivity contribution is -0.130. The number of nitrogens with one attached hydrogen (secondary N) is 2. The van der Waals surface area contributed by atoms with Gasteiger partial charge in [0.05, 0.1) is 19.7 Å². The van der Waals surface area contributed by atoms with E-state index in [1.807, 2.05) is 6.92 Å². The Hall–Kier alpha value is -1.46. The fraction of sp³-hybridized carbons (Fsp3) is 0.619. The molecule has 30 heavy (non-hydrogen) atoms. The lowest BCUT2D eigenvalue weighted by atomic mass is 10.1. The van der Waals surface area contributed by atoms with Crippen LogP contribution in [0.4, 0.5) is 4.39 Å². The molecule has 2 N–H and O–H groups in total. The summed E-state index contributed by atoms with van der Waals surface area (Å²) >= 11 is 0. The average molecular weight is 535 g/mol. The smallest absolute Gasteiger partial charge is 0.236 e. The summed E-state index contributed by atoms with van der Waals surface area (Å²) in [6.45, 7) is 5.74. The Morgan fingerprint density at radius 1 is 1.33 bits per heavy atom. The molecule has 170 valence electrons. The third-order valence-electron chi connectivity index (χ3n) is 4.96. The molecule has 0 spiro atoms. The van der Waals surface area contributed by atoms with E-state index in [0.29, 0.717) is 24.7 Å². The molecular formula is C21H35FIN5O2. The van der Waals surface area contributed by atoms with Gasteiger partial charge < -0.3 is 20.3 Å². The molecule has 0 aromatic heterocycles. The van der Waals surface area contributed by atoms with Crippen molar-refractivity contribution in [1.29, 1.82) is 0 Å². The van der Waals surface area contributed by atoms with Crippen LogP contribution in [-0.2, 0) is 22.7 Å². The number of amides is 1. The molecule has 0 bridgehead atoms. The quantitative estimate of drug-likeness (QED) is 0.304. The van der Waals surface area contributed by atoms with Gasteiger partial charge in [0.1, 0.15) is 5.82 Å². The molecule has 0 aliphatic carbocycles. The van der Waals surface area contributed by atoms with Crippen LogP contribution in [0.1, 0.15) is 30.9 Å². The Morgan fingerprint density at radius 2 is 2.03 bits per heavy atom. The third kappa shape index (κ3) is 8.73. The molecule has 0 atom stereocenters. The number of ether oxygens (including phenoxy) is 1. The van der Waals surface area contributed by atoms with E-state index in [0.717, 1.165) is 44.0 Å². The normalized spacial score (nSPS) is 15.4. The molecule has 1 amide bonds. The Bertz CT molecular complexity index is 694. The van der Waals surface area contributed by atoms with Crippen LogP contribution in [0.3, 0.4) is 0 Å². The van der Waals surface area contributed by atoms with Crippen molar-refractivity contribution in [1.82, 2.24) is 20.4 Å². The summed E-state index contributed by atoms with van der Waals surface area (Å²) < 4.78 is 18.8. The number of nitrogens with zero attached hydrogens (tertiary/aromatic N) is 3. The first kappa shape index (κ1) is 26.6. The topological polar surface area (TPSA) is 69.2 Å². The molecule has 1 aromatic rings. The zero-order valence-electron chi connectivity index (χ0n) is 18.4. The molecule has 0 unspecified atom stereocenters. The third-order valence-corrected chi connectivity index (χ3v) is 4.96. The van der Waals surface area contributed by atoms with E-state index in [-0.39, 0.29) is 42.3 Å². The Labute approximate surface area is 196 Å². The molecule has 1 aromatic carbocycles. The standard InChI is InChI=1S/C21H34FN5O2.HI/c1-5-23-21(24-13-16-6-7-19(22)17(12-16)15-29-4)25-18-8-10-27(11-9-18)14-20(28)26(2)3;/h6-7,12,18H,5,8-11,13-15H2,1-4H3,(H2,23,24,25);1H. The fourth-order valence-corrected chi connectivity index (χ4v) is 3.24. The number of hydrogen-bond acceptors (Lipinski definition) is 4. The van der Waals surface area contributed by atoms with E-state index < -0.39 is 0 Å². The summed E-state index contributed by atoms with van der Waals surface area (Å²) in [6, 6.07) is 5.33. The Morgan fingerprint density at radius 3 is 2.63 bits per heavy atom. The zero-order valence-corrected chi connectivity index (χ0v) is 20.7. The lowest BCUT2D eigenvalue weighted by Gasteiger charge is -2.33. The number of rotatable bonds is 8. The largest absolute Gasteiger partial charge is 0.380 e. The van der Waals surface area contributed by atoms with Gasteiger partial charge in [-0.2, -0.15) is 0 Å². The highest BCUT2D eigenvalue weighted by Crippen LogP contribution is 2.13. The monoisotopic (exact) mass is 535 g/mol. The number of guanidine groups is 1. The fourth-order valence-electron chi connectivity index (χ4n) is 3.24. The van der Waals surface area contributed by atoms with Gasteiger partial charge in [-0.3, -0.25) is 9.69 Å². The van der Waals surface area contributed by atoms with Crippen molar-refractivity contribution in [2.75, 3.05) is 47.4 Å². The van der Waals surface area contributed by atoms with Gasteiger partial charge in [0.15, 0.2) is 5.96 Å². The second kappa shape index (κ2) is 13.8. The van der Waals surface area contributed by atoms with E-state index >= 15 is 0 Å². The minimum Gasteiger partial charge on any atom is -0.380 e. The molecule has 0 radical (unpaired) electrons. The van der Waals surface area contributed by atoms with Crippen LogP contribution < -0.4 is 10.6 Å². The van der Waals surface area contributed by atoms with Gasteiger partial charge in [-0.25, -0.2) is 9.38 Å². The number of carbonyl (C=O) groups excluding carboxylic acids is 1. The SMILES string of the molecule is CCNC(=NCc1ccc(F)c(COC)c1)NC1CCN(CC(=O)N(C)C)CC1.I. The van der Waals surface area contributed by atoms with E-state index in [1.165, 1.54) is 6.07 Å². The summed E-state index contributed by atoms with van der Waals surface area (Å²) in [5.74, 6) is 0.635. The predicted octanol–water partition coefficient (Wildman–Crippen LogP) is 2.20. The van der Waals surface area contributed by atoms with Gasteiger partial charge in [0, 0.05) is 52.4 Å². The minimum absolute atomic E-state index is 0. The van der Waals surface area contributed by atoms with Crippen molar-refractivity contribution in [3.8, 4) is 0 Å². The highest BCUT2D eigenvalue weighted by Gasteiger charge is 2.22. The van der Waals surface area contributed by atoms with E-state index in [1.54, 1.807) is 38.2 Å². The molecule has 2 rings (SSSR count). The highest BCUT2D eigenvalue weighted by molar-refractivity contribution is 14.0. The van der Waals surface area contributed by atoms with Crippen LogP contribution in [0, 0.1) is 5.82 Å². The number of likely N-dealkylation sites (N-methyl/N-ethyl adjacent to an activating group) is 1. The van der Waals surface area contributed by atoms with Gasteiger partial charge in [-0.15, -0.1) is 24.0 Å². The second-order valence-corrected chi connectivity index (χ2v) is 7.54. The van der Waals surface area contributed by atoms with Crippen molar-refractivity contribution in [3.05, 3.63) is 35.1 Å². The van der Waals surface area contributed by atoms with Crippen molar-refractivity contribution >= 4 is 35.8 Å². The number of aliphatic imine (C=N–C) groups is 1. The van der Waals surface area contributed by atoms with Gasteiger partial charge >= 0.3 is 0 Å². The van der Waals surface area contributed by atoms with Crippen molar-refractivity contribution in [2.45, 2.75) is 39.0 Å². The molecule has 1 fully saturated rings. The van der Waals surface area contributed by atoms with Crippen molar-refractivity contribution in [2.24, 2.45) is 4.99 Å². The molecule has 1 aliphatic rings. The van der Waals surface area contributed by atoms with Crippen LogP contribution in [-0.4, -0.2) is 75.1 Å². The van der Waals surface area contributed by atoms with Crippen molar-refractivity contribution < 1.29 is 13.9 Å². The summed E-state index contributed by atoms with van der Waals surface area (Å²) in [5.41, 5.74) is 1.48. The predicted molar refractivity (Wildman–Crippen MR) is 129 cm³/mol. The van der Waals surface area contributed by atoms with Crippen LogP contribution >= 0.6 is 24.0 Å². The van der Waals surface area contributed by atoms with E-state index in [9.17, 15) is 9.18 Å². The molecule has 0 saturated carbocycles. The summed E-state index contributed by atoms with van der Waals surface area (Å²) in [6.07, 6.45) is 1.92. The molecule has 7 nitrogen and oxygen atoms in total. The number of methoxy groups -OCH3 is 1. The molecule has 1 aliphatic heterocycles. The maximum absolute atomic E-state index is 13.8. The summed E-state index contributed by atoms with van der Waals surface area (Å²) in [7, 11) is 5.13. The number of benzene rings is 1.